The zero-order valence-corrected chi connectivity index (χ0v) is 14.6. The van der Waals surface area contributed by atoms with Crippen molar-refractivity contribution in [3.8, 4) is 5.75 Å². The van der Waals surface area contributed by atoms with E-state index in [-0.39, 0.29) is 12.0 Å². The van der Waals surface area contributed by atoms with Crippen molar-refractivity contribution >= 4 is 0 Å². The average molecular weight is 329 g/mol. The maximum absolute atomic E-state index is 9.58. The van der Waals surface area contributed by atoms with Gasteiger partial charge in [-0.25, -0.2) is 4.98 Å². The topological polar surface area (TPSA) is 50.5 Å². The van der Waals surface area contributed by atoms with Crippen LogP contribution < -0.4 is 4.74 Å². The molecule has 5 nitrogen and oxygen atoms in total. The van der Waals surface area contributed by atoms with Gasteiger partial charge in [0.25, 0.3) is 0 Å². The largest absolute Gasteiger partial charge is 0.486 e. The number of hydrogen-bond donors (Lipinski definition) is 1. The predicted molar refractivity (Wildman–Crippen MR) is 93.7 cm³/mol. The molecule has 0 bridgehead atoms. The highest BCUT2D eigenvalue weighted by atomic mass is 16.5. The van der Waals surface area contributed by atoms with Crippen LogP contribution in [0, 0.1) is 5.41 Å². The Morgan fingerprint density at radius 2 is 2.08 bits per heavy atom. The summed E-state index contributed by atoms with van der Waals surface area (Å²) in [5, 5.41) is 9.58. The van der Waals surface area contributed by atoms with E-state index in [1.807, 2.05) is 29.9 Å². The van der Waals surface area contributed by atoms with Crippen LogP contribution in [0.15, 0.2) is 36.7 Å². The first-order valence-corrected chi connectivity index (χ1v) is 8.59. The fourth-order valence-electron chi connectivity index (χ4n) is 3.32. The SMILES string of the molecule is Cn1ccnc1COc1ccc(CN2CCCC(C)(CO)C2)cc1. The van der Waals surface area contributed by atoms with Crippen molar-refractivity contribution in [1.82, 2.24) is 14.5 Å². The van der Waals surface area contributed by atoms with E-state index in [2.05, 4.69) is 28.9 Å². The molecule has 1 saturated heterocycles. The summed E-state index contributed by atoms with van der Waals surface area (Å²) in [5.41, 5.74) is 1.32. The van der Waals surface area contributed by atoms with Crippen LogP contribution in [0.5, 0.6) is 5.75 Å². The standard InChI is InChI=1S/C19H27N3O2/c1-19(15-23)8-3-10-22(14-19)12-16-4-6-17(7-5-16)24-13-18-20-9-11-21(18)2/h4-7,9,11,23H,3,8,10,12-15H2,1-2H3. The van der Waals surface area contributed by atoms with Gasteiger partial charge in [0.2, 0.25) is 0 Å². The molecule has 1 aliphatic rings. The highest BCUT2D eigenvalue weighted by Crippen LogP contribution is 2.29. The van der Waals surface area contributed by atoms with Gasteiger partial charge in [-0.3, -0.25) is 4.90 Å². The number of imidazole rings is 1. The lowest BCUT2D eigenvalue weighted by Gasteiger charge is -2.39. The number of aryl methyl sites for hydroxylation is 1. The third kappa shape index (κ3) is 4.16. The number of aliphatic hydroxyl groups excluding tert-OH is 1. The van der Waals surface area contributed by atoms with Crippen molar-refractivity contribution in [2.24, 2.45) is 12.5 Å². The van der Waals surface area contributed by atoms with Crippen molar-refractivity contribution in [2.45, 2.75) is 32.9 Å². The van der Waals surface area contributed by atoms with E-state index in [9.17, 15) is 5.11 Å². The molecule has 130 valence electrons. The molecule has 2 heterocycles. The second-order valence-corrected chi connectivity index (χ2v) is 7.17. The van der Waals surface area contributed by atoms with Crippen LogP contribution in [0.3, 0.4) is 0 Å². The van der Waals surface area contributed by atoms with Gasteiger partial charge in [0.05, 0.1) is 0 Å². The molecule has 1 aromatic carbocycles. The summed E-state index contributed by atoms with van der Waals surface area (Å²) >= 11 is 0. The number of hydrogen-bond acceptors (Lipinski definition) is 4. The Morgan fingerprint density at radius 1 is 1.29 bits per heavy atom. The number of benzene rings is 1. The van der Waals surface area contributed by atoms with Crippen LogP contribution >= 0.6 is 0 Å². The smallest absolute Gasteiger partial charge is 0.146 e. The minimum atomic E-state index is 0.0450. The molecule has 1 N–H and O–H groups in total. The Hall–Kier alpha value is -1.85. The van der Waals surface area contributed by atoms with Crippen LogP contribution in [0.4, 0.5) is 0 Å². The molecule has 0 spiro atoms. The summed E-state index contributed by atoms with van der Waals surface area (Å²) in [7, 11) is 1.97. The van der Waals surface area contributed by atoms with Gasteiger partial charge < -0.3 is 14.4 Å². The summed E-state index contributed by atoms with van der Waals surface area (Å²) in [5.74, 6) is 1.77. The molecule has 1 aliphatic heterocycles. The Morgan fingerprint density at radius 3 is 2.75 bits per heavy atom. The summed E-state index contributed by atoms with van der Waals surface area (Å²) in [6.45, 7) is 5.91. The van der Waals surface area contributed by atoms with Crippen molar-refractivity contribution in [1.29, 1.82) is 0 Å². The van der Waals surface area contributed by atoms with Gasteiger partial charge >= 0.3 is 0 Å². The van der Waals surface area contributed by atoms with E-state index in [0.717, 1.165) is 44.0 Å². The summed E-state index contributed by atoms with van der Waals surface area (Å²) in [4.78, 5) is 6.69. The highest BCUT2D eigenvalue weighted by Gasteiger charge is 2.30. The van der Waals surface area contributed by atoms with Crippen LogP contribution in [0.2, 0.25) is 0 Å². The van der Waals surface area contributed by atoms with Gasteiger partial charge in [0.1, 0.15) is 18.2 Å². The third-order valence-electron chi connectivity index (χ3n) is 4.86. The lowest BCUT2D eigenvalue weighted by atomic mass is 9.82. The van der Waals surface area contributed by atoms with Crippen molar-refractivity contribution in [3.63, 3.8) is 0 Å². The lowest BCUT2D eigenvalue weighted by molar-refractivity contribution is 0.0429. The molecule has 3 rings (SSSR count). The predicted octanol–water partition coefficient (Wildman–Crippen LogP) is 2.59. The second-order valence-electron chi connectivity index (χ2n) is 7.17. The molecule has 0 radical (unpaired) electrons. The fourth-order valence-corrected chi connectivity index (χ4v) is 3.32. The number of piperidine rings is 1. The number of rotatable bonds is 6. The van der Waals surface area contributed by atoms with Crippen LogP contribution in [0.25, 0.3) is 0 Å². The lowest BCUT2D eigenvalue weighted by Crippen LogP contribution is -2.43. The third-order valence-corrected chi connectivity index (χ3v) is 4.86. The molecular weight excluding hydrogens is 302 g/mol. The van der Waals surface area contributed by atoms with E-state index >= 15 is 0 Å². The molecule has 1 fully saturated rings. The maximum atomic E-state index is 9.58. The van der Waals surface area contributed by atoms with Crippen molar-refractivity contribution < 1.29 is 9.84 Å². The molecule has 0 aliphatic carbocycles. The Labute approximate surface area is 143 Å². The Kier molecular flexibility index (Phi) is 5.21. The first kappa shape index (κ1) is 17.0. The Bertz CT molecular complexity index is 653. The number of aliphatic hydroxyl groups is 1. The van der Waals surface area contributed by atoms with Crippen LogP contribution in [0.1, 0.15) is 31.2 Å². The normalized spacial score (nSPS) is 21.8. The van der Waals surface area contributed by atoms with Gasteiger partial charge in [-0.05, 0) is 37.1 Å². The fraction of sp³-hybridized carbons (Fsp3) is 0.526. The molecular formula is C19H27N3O2. The number of likely N-dealkylation sites (tertiary alicyclic amines) is 1. The van der Waals surface area contributed by atoms with Gasteiger partial charge in [0, 0.05) is 44.6 Å². The van der Waals surface area contributed by atoms with Gasteiger partial charge in [-0.1, -0.05) is 19.1 Å². The molecule has 2 aromatic rings. The molecule has 1 aromatic heterocycles. The van der Waals surface area contributed by atoms with Crippen molar-refractivity contribution in [3.05, 3.63) is 48.0 Å². The summed E-state index contributed by atoms with van der Waals surface area (Å²) in [6, 6.07) is 8.29. The molecule has 0 saturated carbocycles. The molecule has 1 atom stereocenters. The van der Waals surface area contributed by atoms with E-state index in [0.29, 0.717) is 6.61 Å². The molecule has 5 heteroatoms. The van der Waals surface area contributed by atoms with Gasteiger partial charge in [-0.2, -0.15) is 0 Å². The quantitative estimate of drug-likeness (QED) is 0.885. The Balaban J connectivity index is 1.54. The highest BCUT2D eigenvalue weighted by molar-refractivity contribution is 5.27. The first-order valence-electron chi connectivity index (χ1n) is 8.59. The zero-order valence-electron chi connectivity index (χ0n) is 14.6. The van der Waals surface area contributed by atoms with Gasteiger partial charge in [-0.15, -0.1) is 0 Å². The number of aromatic nitrogens is 2. The monoisotopic (exact) mass is 329 g/mol. The minimum absolute atomic E-state index is 0.0450. The second kappa shape index (κ2) is 7.36. The number of nitrogens with zero attached hydrogens (tertiary/aromatic N) is 3. The van der Waals surface area contributed by atoms with Crippen molar-refractivity contribution in [2.75, 3.05) is 19.7 Å². The molecule has 24 heavy (non-hydrogen) atoms. The first-order chi connectivity index (χ1) is 11.6. The van der Waals surface area contributed by atoms with E-state index in [1.165, 1.54) is 5.56 Å². The van der Waals surface area contributed by atoms with E-state index < -0.39 is 0 Å². The molecule has 0 amide bonds. The summed E-state index contributed by atoms with van der Waals surface area (Å²) < 4.78 is 7.76. The average Bonchev–Trinajstić information content (AvgIpc) is 2.99. The van der Waals surface area contributed by atoms with E-state index in [4.69, 9.17) is 4.74 Å². The van der Waals surface area contributed by atoms with Gasteiger partial charge in [0.15, 0.2) is 0 Å². The molecule has 1 unspecified atom stereocenters. The number of ether oxygens (including phenoxy) is 1. The van der Waals surface area contributed by atoms with Crippen LogP contribution in [-0.4, -0.2) is 39.3 Å². The van der Waals surface area contributed by atoms with E-state index in [1.54, 1.807) is 6.20 Å². The minimum Gasteiger partial charge on any atom is -0.486 e. The summed E-state index contributed by atoms with van der Waals surface area (Å²) in [6.07, 6.45) is 5.96. The zero-order chi connectivity index (χ0) is 17.0. The maximum Gasteiger partial charge on any atom is 0.146 e. The van der Waals surface area contributed by atoms with Crippen LogP contribution in [-0.2, 0) is 20.2 Å².